The van der Waals surface area contributed by atoms with Crippen molar-refractivity contribution in [3.05, 3.63) is 23.8 Å². The summed E-state index contributed by atoms with van der Waals surface area (Å²) in [4.78, 5) is 27.9. The highest BCUT2D eigenvalue weighted by Crippen LogP contribution is 2.34. The molecule has 0 aromatic heterocycles. The van der Waals surface area contributed by atoms with Crippen LogP contribution in [0.25, 0.3) is 0 Å². The Kier molecular flexibility index (Phi) is 14.0. The van der Waals surface area contributed by atoms with Crippen LogP contribution in [0.5, 0.6) is 11.5 Å². The van der Waals surface area contributed by atoms with Gasteiger partial charge in [0.1, 0.15) is 5.60 Å². The molecule has 1 fully saturated rings. The molecule has 1 aliphatic rings. The fourth-order valence-electron chi connectivity index (χ4n) is 5.05. The van der Waals surface area contributed by atoms with Crippen molar-refractivity contribution in [1.82, 2.24) is 10.2 Å². The van der Waals surface area contributed by atoms with E-state index in [1.807, 2.05) is 32.9 Å². The maximum Gasteiger partial charge on any atom is 0.410 e. The van der Waals surface area contributed by atoms with E-state index in [2.05, 4.69) is 44.9 Å². The number of amides is 2. The highest BCUT2D eigenvalue weighted by atomic mass is 28.3. The van der Waals surface area contributed by atoms with Gasteiger partial charge in [0.25, 0.3) is 0 Å². The van der Waals surface area contributed by atoms with Gasteiger partial charge in [-0.3, -0.25) is 0 Å². The monoisotopic (exact) mass is 608 g/mol. The van der Waals surface area contributed by atoms with E-state index in [-0.39, 0.29) is 24.1 Å². The molecule has 1 heterocycles. The molecule has 3 atom stereocenters. The summed E-state index contributed by atoms with van der Waals surface area (Å²) in [5.74, 6) is 1.98. The van der Waals surface area contributed by atoms with Gasteiger partial charge in [-0.25, -0.2) is 9.59 Å². The van der Waals surface area contributed by atoms with Crippen LogP contribution in [0, 0.1) is 11.8 Å². The summed E-state index contributed by atoms with van der Waals surface area (Å²) >= 11 is 0. The molecule has 1 N–H and O–H groups in total. The number of nitrogens with one attached hydrogen (secondary N) is 1. The van der Waals surface area contributed by atoms with Crippen LogP contribution in [-0.4, -0.2) is 83.4 Å². The molecule has 0 spiro atoms. The van der Waals surface area contributed by atoms with Crippen LogP contribution >= 0.6 is 0 Å². The number of carbonyl (C=O) groups is 2. The molecular weight excluding hydrogens is 552 g/mol. The van der Waals surface area contributed by atoms with Gasteiger partial charge < -0.3 is 33.9 Å². The van der Waals surface area contributed by atoms with Crippen molar-refractivity contribution in [3.63, 3.8) is 0 Å². The number of hydrogen-bond acceptors (Lipinski definition) is 7. The normalized spacial score (nSPS) is 18.1. The Labute approximate surface area is 254 Å². The number of rotatable bonds is 15. The summed E-state index contributed by atoms with van der Waals surface area (Å²) in [7, 11) is 2.00. The Morgan fingerprint density at radius 3 is 2.38 bits per heavy atom. The molecule has 9 nitrogen and oxygen atoms in total. The minimum Gasteiger partial charge on any atom is -0.493 e. The lowest BCUT2D eigenvalue weighted by molar-refractivity contribution is 0.0186. The number of hydrogen-bond donors (Lipinski definition) is 1. The number of carbonyl (C=O) groups excluding carboxylic acids is 2. The average Bonchev–Trinajstić information content (AvgIpc) is 3.26. The minimum absolute atomic E-state index is 0.209. The number of likely N-dealkylation sites (tertiary alicyclic amines) is 1. The highest BCUT2D eigenvalue weighted by molar-refractivity contribution is 6.76. The number of nitrogens with zero attached hydrogens (tertiary/aromatic N) is 1. The summed E-state index contributed by atoms with van der Waals surface area (Å²) in [5, 5.41) is 3.09. The second kappa shape index (κ2) is 16.4. The van der Waals surface area contributed by atoms with E-state index in [9.17, 15) is 9.59 Å². The van der Waals surface area contributed by atoms with Gasteiger partial charge in [0.15, 0.2) is 11.5 Å². The van der Waals surface area contributed by atoms with Crippen LogP contribution in [0.4, 0.5) is 9.59 Å². The molecule has 1 saturated heterocycles. The fraction of sp³-hybridized carbons (Fsp3) is 0.750. The lowest BCUT2D eigenvalue weighted by Gasteiger charge is -2.34. The molecule has 2 rings (SSSR count). The molecule has 1 aromatic carbocycles. The molecule has 42 heavy (non-hydrogen) atoms. The second-order valence-electron chi connectivity index (χ2n) is 13.9. The van der Waals surface area contributed by atoms with Gasteiger partial charge in [0.05, 0.1) is 32.4 Å². The minimum atomic E-state index is -1.32. The van der Waals surface area contributed by atoms with Crippen LogP contribution in [-0.2, 0) is 20.6 Å². The van der Waals surface area contributed by atoms with E-state index in [1.54, 1.807) is 19.1 Å². The van der Waals surface area contributed by atoms with E-state index < -0.39 is 19.8 Å². The zero-order valence-corrected chi connectivity index (χ0v) is 28.7. The first kappa shape index (κ1) is 35.7. The molecule has 1 aliphatic heterocycles. The van der Waals surface area contributed by atoms with Gasteiger partial charge >= 0.3 is 12.2 Å². The van der Waals surface area contributed by atoms with Crippen molar-refractivity contribution < 1.29 is 33.3 Å². The number of methoxy groups -OCH3 is 2. The summed E-state index contributed by atoms with van der Waals surface area (Å²) in [5.41, 5.74) is 0.525. The molecule has 240 valence electrons. The molecule has 2 amide bonds. The van der Waals surface area contributed by atoms with Crippen LogP contribution in [0.3, 0.4) is 0 Å². The van der Waals surface area contributed by atoms with E-state index in [1.165, 1.54) is 0 Å². The Morgan fingerprint density at radius 1 is 1.07 bits per heavy atom. The summed E-state index contributed by atoms with van der Waals surface area (Å²) in [6.45, 7) is 18.9. The molecule has 0 radical (unpaired) electrons. The topological polar surface area (TPSA) is 95.6 Å². The van der Waals surface area contributed by atoms with Gasteiger partial charge in [-0.1, -0.05) is 39.6 Å². The maximum atomic E-state index is 13.3. The van der Waals surface area contributed by atoms with Crippen molar-refractivity contribution in [3.8, 4) is 11.5 Å². The number of ether oxygens (including phenoxy) is 5. The first-order valence-corrected chi connectivity index (χ1v) is 19.1. The molecule has 0 aliphatic carbocycles. The van der Waals surface area contributed by atoms with Crippen molar-refractivity contribution >= 4 is 20.3 Å². The molecule has 0 saturated carbocycles. The Balaban J connectivity index is 2.23. The lowest BCUT2D eigenvalue weighted by atomic mass is 9.82. The lowest BCUT2D eigenvalue weighted by Crippen LogP contribution is -2.49. The van der Waals surface area contributed by atoms with E-state index >= 15 is 0 Å². The Bertz CT molecular complexity index is 990. The van der Waals surface area contributed by atoms with Crippen molar-refractivity contribution in [1.29, 1.82) is 0 Å². The zero-order chi connectivity index (χ0) is 31.5. The van der Waals surface area contributed by atoms with E-state index in [4.69, 9.17) is 23.7 Å². The van der Waals surface area contributed by atoms with Gasteiger partial charge in [-0.2, -0.15) is 0 Å². The summed E-state index contributed by atoms with van der Waals surface area (Å²) < 4.78 is 28.0. The number of benzene rings is 1. The quantitative estimate of drug-likeness (QED) is 0.174. The number of alkyl carbamates (subject to hydrolysis) is 1. The largest absolute Gasteiger partial charge is 0.493 e. The predicted octanol–water partition coefficient (Wildman–Crippen LogP) is 6.76. The third-order valence-corrected chi connectivity index (χ3v) is 9.23. The summed E-state index contributed by atoms with van der Waals surface area (Å²) in [6.07, 6.45) is 2.19. The van der Waals surface area contributed by atoms with E-state index in [0.717, 1.165) is 24.4 Å². The SMILES string of the molecule is COCCCOc1cc(CC(CC2[C@@H](NC(=O)OCC[Si](C)(C)C)CCN2C(=O)OC(C)(C)C)C(C)C)ccc1OC. The van der Waals surface area contributed by atoms with Gasteiger partial charge in [-0.15, -0.1) is 0 Å². The molecular formula is C32H56N2O7Si. The average molecular weight is 609 g/mol. The second-order valence-corrected chi connectivity index (χ2v) is 19.5. The predicted molar refractivity (Wildman–Crippen MR) is 169 cm³/mol. The molecule has 2 unspecified atom stereocenters. The van der Waals surface area contributed by atoms with Gasteiger partial charge in [0, 0.05) is 34.8 Å². The first-order valence-electron chi connectivity index (χ1n) is 15.3. The molecule has 0 bridgehead atoms. The Morgan fingerprint density at radius 2 is 1.79 bits per heavy atom. The molecule has 10 heteroatoms. The van der Waals surface area contributed by atoms with Crippen LogP contribution in [0.15, 0.2) is 18.2 Å². The van der Waals surface area contributed by atoms with Crippen LogP contribution in [0.2, 0.25) is 25.7 Å². The first-order chi connectivity index (χ1) is 19.6. The van der Waals surface area contributed by atoms with Gasteiger partial charge in [-0.05, 0) is 75.6 Å². The standard InChI is InChI=1S/C32H56N2O7Si/c1-23(2)25(20-24-12-13-28(38-7)29(21-24)39-17-11-16-37-6)22-27-26(33-30(35)40-18-19-42(8,9)10)14-15-34(27)31(36)41-32(3,4)5/h12-13,21,23,25-27H,11,14-20,22H2,1-10H3,(H,33,35)/t25?,26-,27?/m0/s1. The van der Waals surface area contributed by atoms with Crippen molar-refractivity contribution in [2.75, 3.05) is 40.6 Å². The smallest absolute Gasteiger partial charge is 0.410 e. The Hall–Kier alpha value is -2.46. The highest BCUT2D eigenvalue weighted by Gasteiger charge is 2.41. The fourth-order valence-corrected chi connectivity index (χ4v) is 5.77. The van der Waals surface area contributed by atoms with Crippen LogP contribution in [0.1, 0.15) is 59.4 Å². The van der Waals surface area contributed by atoms with Crippen molar-refractivity contribution in [2.24, 2.45) is 11.8 Å². The van der Waals surface area contributed by atoms with Crippen LogP contribution < -0.4 is 14.8 Å². The maximum absolute atomic E-state index is 13.3. The third kappa shape index (κ3) is 12.4. The zero-order valence-electron chi connectivity index (χ0n) is 27.7. The van der Waals surface area contributed by atoms with Crippen molar-refractivity contribution in [2.45, 2.75) is 104 Å². The van der Waals surface area contributed by atoms with E-state index in [0.29, 0.717) is 56.6 Å². The summed E-state index contributed by atoms with van der Waals surface area (Å²) in [6, 6.07) is 6.55. The molecule has 1 aromatic rings. The third-order valence-electron chi connectivity index (χ3n) is 7.53. The van der Waals surface area contributed by atoms with Gasteiger partial charge in [0.2, 0.25) is 0 Å².